The Kier molecular flexibility index (Phi) is 5.34. The van der Waals surface area contributed by atoms with Crippen LogP contribution >= 0.6 is 0 Å². The van der Waals surface area contributed by atoms with E-state index in [1.165, 1.54) is 36.0 Å². The summed E-state index contributed by atoms with van der Waals surface area (Å²) in [5.41, 5.74) is 9.41. The standard InChI is InChI=1S/C21H26N6O/c1-3-27(4-2)12-16-14-7-5-6-8-17(14)24-19(16)11-15-20(25-26-21(15)28)18-9-10-22-13-23-18/h9-11,13,24H,3-8,12H2,1-2H3,(H,26,28)/b15-11+. The summed E-state index contributed by atoms with van der Waals surface area (Å²) in [4.78, 5) is 26.7. The number of rotatable bonds is 6. The fraction of sp³-hybridized carbons (Fsp3) is 0.429. The SMILES string of the molecule is CCN(CC)Cc1c(/C=C2/C(=O)NN=C2c2ccncn2)[nH]c2c1CCCC2. The van der Waals surface area contributed by atoms with Crippen LogP contribution in [0.2, 0.25) is 0 Å². The van der Waals surface area contributed by atoms with Crippen LogP contribution in [-0.2, 0) is 24.2 Å². The third-order valence-corrected chi connectivity index (χ3v) is 5.60. The van der Waals surface area contributed by atoms with Crippen molar-refractivity contribution < 1.29 is 4.79 Å². The second kappa shape index (κ2) is 8.06. The van der Waals surface area contributed by atoms with Crippen LogP contribution in [0, 0.1) is 0 Å². The summed E-state index contributed by atoms with van der Waals surface area (Å²) in [5.74, 6) is -0.199. The Morgan fingerprint density at radius 2 is 2.04 bits per heavy atom. The van der Waals surface area contributed by atoms with Crippen molar-refractivity contribution in [3.05, 3.63) is 52.4 Å². The van der Waals surface area contributed by atoms with Crippen LogP contribution in [0.1, 0.15) is 54.9 Å². The molecule has 0 fully saturated rings. The summed E-state index contributed by atoms with van der Waals surface area (Å²) in [6.45, 7) is 7.26. The highest BCUT2D eigenvalue weighted by Crippen LogP contribution is 2.30. The molecule has 0 radical (unpaired) electrons. The summed E-state index contributed by atoms with van der Waals surface area (Å²) < 4.78 is 0. The minimum Gasteiger partial charge on any atom is -0.358 e. The van der Waals surface area contributed by atoms with Gasteiger partial charge in [-0.25, -0.2) is 15.4 Å². The van der Waals surface area contributed by atoms with Crippen LogP contribution in [0.4, 0.5) is 0 Å². The molecular weight excluding hydrogens is 352 g/mol. The quantitative estimate of drug-likeness (QED) is 0.756. The summed E-state index contributed by atoms with van der Waals surface area (Å²) in [5, 5.41) is 4.20. The lowest BCUT2D eigenvalue weighted by Crippen LogP contribution is -2.23. The number of carbonyl (C=O) groups is 1. The molecule has 0 saturated heterocycles. The van der Waals surface area contributed by atoms with Gasteiger partial charge in [0, 0.05) is 24.1 Å². The number of hydrogen-bond acceptors (Lipinski definition) is 5. The van der Waals surface area contributed by atoms with Crippen LogP contribution in [0.3, 0.4) is 0 Å². The number of aromatic nitrogens is 3. The highest BCUT2D eigenvalue weighted by Gasteiger charge is 2.27. The first kappa shape index (κ1) is 18.6. The monoisotopic (exact) mass is 378 g/mol. The predicted octanol–water partition coefficient (Wildman–Crippen LogP) is 2.44. The van der Waals surface area contributed by atoms with Crippen LogP contribution < -0.4 is 5.43 Å². The van der Waals surface area contributed by atoms with Gasteiger partial charge in [0.15, 0.2) is 0 Å². The van der Waals surface area contributed by atoms with Gasteiger partial charge in [-0.1, -0.05) is 13.8 Å². The number of hydrogen-bond donors (Lipinski definition) is 2. The van der Waals surface area contributed by atoms with Gasteiger partial charge in [0.2, 0.25) is 0 Å². The molecule has 0 spiro atoms. The number of nitrogens with one attached hydrogen (secondary N) is 2. The van der Waals surface area contributed by atoms with Crippen molar-refractivity contribution in [2.75, 3.05) is 13.1 Å². The van der Waals surface area contributed by atoms with Gasteiger partial charge in [-0.2, -0.15) is 5.10 Å². The van der Waals surface area contributed by atoms with Crippen molar-refractivity contribution in [2.24, 2.45) is 5.10 Å². The van der Waals surface area contributed by atoms with E-state index in [4.69, 9.17) is 0 Å². The minimum atomic E-state index is -0.199. The van der Waals surface area contributed by atoms with E-state index in [-0.39, 0.29) is 5.91 Å². The van der Waals surface area contributed by atoms with Gasteiger partial charge in [-0.05, 0) is 62.0 Å². The zero-order chi connectivity index (χ0) is 19.5. The van der Waals surface area contributed by atoms with Crippen molar-refractivity contribution >= 4 is 17.7 Å². The molecule has 2 aromatic rings. The van der Waals surface area contributed by atoms with Crippen molar-refractivity contribution in [3.8, 4) is 0 Å². The average molecular weight is 378 g/mol. The van der Waals surface area contributed by atoms with E-state index in [9.17, 15) is 4.79 Å². The van der Waals surface area contributed by atoms with E-state index in [1.54, 1.807) is 12.3 Å². The molecule has 7 heteroatoms. The number of amides is 1. The highest BCUT2D eigenvalue weighted by molar-refractivity contribution is 6.32. The van der Waals surface area contributed by atoms with Crippen LogP contribution in [0.15, 0.2) is 29.3 Å². The predicted molar refractivity (Wildman–Crippen MR) is 109 cm³/mol. The van der Waals surface area contributed by atoms with E-state index in [0.29, 0.717) is 17.0 Å². The second-order valence-corrected chi connectivity index (χ2v) is 7.20. The molecular formula is C21H26N6O. The molecule has 7 nitrogen and oxygen atoms in total. The zero-order valence-corrected chi connectivity index (χ0v) is 16.5. The Bertz CT molecular complexity index is 924. The van der Waals surface area contributed by atoms with Crippen LogP contribution in [0.25, 0.3) is 6.08 Å². The van der Waals surface area contributed by atoms with Crippen molar-refractivity contribution in [2.45, 2.75) is 46.1 Å². The Balaban J connectivity index is 1.76. The number of H-pyrrole nitrogens is 1. The molecule has 0 saturated carbocycles. The normalized spacial score (nSPS) is 17.8. The Morgan fingerprint density at radius 3 is 2.79 bits per heavy atom. The molecule has 28 heavy (non-hydrogen) atoms. The fourth-order valence-electron chi connectivity index (χ4n) is 3.99. The highest BCUT2D eigenvalue weighted by atomic mass is 16.2. The third-order valence-electron chi connectivity index (χ3n) is 5.60. The van der Waals surface area contributed by atoms with Crippen LogP contribution in [0.5, 0.6) is 0 Å². The first-order valence-corrected chi connectivity index (χ1v) is 10.0. The van der Waals surface area contributed by atoms with Gasteiger partial charge in [0.05, 0.1) is 11.3 Å². The molecule has 1 aliphatic carbocycles. The number of carbonyl (C=O) groups excluding carboxylic acids is 1. The summed E-state index contributed by atoms with van der Waals surface area (Å²) in [6, 6.07) is 1.77. The Hall–Kier alpha value is -2.80. The zero-order valence-electron chi connectivity index (χ0n) is 16.5. The second-order valence-electron chi connectivity index (χ2n) is 7.20. The average Bonchev–Trinajstić information content (AvgIpc) is 3.27. The fourth-order valence-corrected chi connectivity index (χ4v) is 3.99. The van der Waals surface area contributed by atoms with Gasteiger partial charge in [0.1, 0.15) is 12.0 Å². The van der Waals surface area contributed by atoms with Crippen LogP contribution in [-0.4, -0.2) is 44.6 Å². The molecule has 146 valence electrons. The first-order chi connectivity index (χ1) is 13.7. The molecule has 0 unspecified atom stereocenters. The van der Waals surface area contributed by atoms with Gasteiger partial charge in [-0.3, -0.25) is 9.69 Å². The summed E-state index contributed by atoms with van der Waals surface area (Å²) in [7, 11) is 0. The maximum Gasteiger partial charge on any atom is 0.273 e. The maximum absolute atomic E-state index is 12.5. The van der Waals surface area contributed by atoms with E-state index in [1.807, 2.05) is 6.08 Å². The molecule has 1 amide bonds. The molecule has 0 aromatic carbocycles. The molecule has 1 aliphatic heterocycles. The Morgan fingerprint density at radius 1 is 1.21 bits per heavy atom. The minimum absolute atomic E-state index is 0.199. The number of aromatic amines is 1. The number of nitrogens with zero attached hydrogens (tertiary/aromatic N) is 4. The van der Waals surface area contributed by atoms with E-state index < -0.39 is 0 Å². The maximum atomic E-state index is 12.5. The van der Waals surface area contributed by atoms with Crippen molar-refractivity contribution in [1.29, 1.82) is 0 Å². The van der Waals surface area contributed by atoms with E-state index in [2.05, 4.69) is 44.2 Å². The van der Waals surface area contributed by atoms with Gasteiger partial charge in [-0.15, -0.1) is 0 Å². The van der Waals surface area contributed by atoms with Gasteiger partial charge in [0.25, 0.3) is 5.91 Å². The first-order valence-electron chi connectivity index (χ1n) is 10.0. The van der Waals surface area contributed by atoms with E-state index >= 15 is 0 Å². The van der Waals surface area contributed by atoms with Crippen molar-refractivity contribution in [1.82, 2.24) is 25.3 Å². The third kappa shape index (κ3) is 3.49. The lowest BCUT2D eigenvalue weighted by molar-refractivity contribution is -0.116. The number of hydrazone groups is 1. The lowest BCUT2D eigenvalue weighted by atomic mass is 9.93. The van der Waals surface area contributed by atoms with Gasteiger partial charge >= 0.3 is 0 Å². The number of fused-ring (bicyclic) bond motifs is 1. The largest absolute Gasteiger partial charge is 0.358 e. The molecule has 4 rings (SSSR count). The molecule has 2 aliphatic rings. The van der Waals surface area contributed by atoms with Gasteiger partial charge < -0.3 is 4.98 Å². The van der Waals surface area contributed by atoms with Crippen molar-refractivity contribution in [3.63, 3.8) is 0 Å². The topological polar surface area (TPSA) is 86.3 Å². The smallest absolute Gasteiger partial charge is 0.273 e. The molecule has 2 N–H and O–H groups in total. The number of aryl methyl sites for hydroxylation is 1. The molecule has 2 aromatic heterocycles. The molecule has 0 bridgehead atoms. The lowest BCUT2D eigenvalue weighted by Gasteiger charge is -2.20. The van der Waals surface area contributed by atoms with E-state index in [0.717, 1.165) is 38.2 Å². The summed E-state index contributed by atoms with van der Waals surface area (Å²) in [6.07, 6.45) is 9.68. The molecule has 0 atom stereocenters. The Labute approximate surface area is 165 Å². The molecule has 3 heterocycles. The summed E-state index contributed by atoms with van der Waals surface area (Å²) >= 11 is 0.